The van der Waals surface area contributed by atoms with Gasteiger partial charge in [-0.1, -0.05) is 6.92 Å². The fourth-order valence-electron chi connectivity index (χ4n) is 3.00. The van der Waals surface area contributed by atoms with E-state index < -0.39 is 0 Å². The molecule has 0 aromatic carbocycles. The molecule has 2 atom stereocenters. The van der Waals surface area contributed by atoms with E-state index in [1.54, 1.807) is 12.3 Å². The van der Waals surface area contributed by atoms with Crippen molar-refractivity contribution in [1.29, 1.82) is 5.26 Å². The third-order valence-corrected chi connectivity index (χ3v) is 4.22. The average molecular weight is 327 g/mol. The van der Waals surface area contributed by atoms with Crippen molar-refractivity contribution in [1.82, 2.24) is 24.4 Å². The van der Waals surface area contributed by atoms with Gasteiger partial charge in [0.05, 0.1) is 18.8 Å². The molecule has 0 bridgehead atoms. The average Bonchev–Trinajstić information content (AvgIpc) is 3.05. The van der Waals surface area contributed by atoms with Gasteiger partial charge in [0.2, 0.25) is 5.95 Å². The predicted octanol–water partition coefficient (Wildman–Crippen LogP) is 0.956. The second-order valence-corrected chi connectivity index (χ2v) is 5.64. The molecule has 8 heteroatoms. The molecule has 3 rings (SSSR count). The highest BCUT2D eigenvalue weighted by Crippen LogP contribution is 2.28. The lowest BCUT2D eigenvalue weighted by molar-refractivity contribution is -0.0676. The van der Waals surface area contributed by atoms with Gasteiger partial charge >= 0.3 is 0 Å². The van der Waals surface area contributed by atoms with Gasteiger partial charge in [-0.2, -0.15) is 5.26 Å². The molecule has 8 nitrogen and oxygen atoms in total. The largest absolute Gasteiger partial charge is 0.373 e. The van der Waals surface area contributed by atoms with E-state index in [0.29, 0.717) is 24.8 Å². The van der Waals surface area contributed by atoms with Crippen LogP contribution in [0.1, 0.15) is 24.5 Å². The second-order valence-electron chi connectivity index (χ2n) is 5.64. The fraction of sp³-hybridized carbons (Fsp3) is 0.500. The van der Waals surface area contributed by atoms with E-state index in [1.807, 2.05) is 30.1 Å². The van der Waals surface area contributed by atoms with Crippen molar-refractivity contribution in [3.8, 4) is 6.07 Å². The van der Waals surface area contributed by atoms with Crippen molar-refractivity contribution in [2.75, 3.05) is 31.6 Å². The second kappa shape index (κ2) is 7.38. The first-order valence-electron chi connectivity index (χ1n) is 8.02. The minimum absolute atomic E-state index is 0.0652. The molecule has 24 heavy (non-hydrogen) atoms. The summed E-state index contributed by atoms with van der Waals surface area (Å²) in [6.07, 6.45) is 5.25. The summed E-state index contributed by atoms with van der Waals surface area (Å²) in [7, 11) is 1.99. The van der Waals surface area contributed by atoms with E-state index >= 15 is 0 Å². The van der Waals surface area contributed by atoms with E-state index in [9.17, 15) is 0 Å². The number of nitrogens with one attached hydrogen (secondary N) is 1. The van der Waals surface area contributed by atoms with Crippen LogP contribution in [0.4, 0.5) is 5.95 Å². The zero-order chi connectivity index (χ0) is 16.9. The normalized spacial score (nSPS) is 21.4. The first-order chi connectivity index (χ1) is 11.7. The molecular formula is C16H21N7O. The molecule has 1 N–H and O–H groups in total. The monoisotopic (exact) mass is 327 g/mol. The summed E-state index contributed by atoms with van der Waals surface area (Å²) < 4.78 is 8.03. The minimum Gasteiger partial charge on any atom is -0.373 e. The maximum absolute atomic E-state index is 8.93. The lowest BCUT2D eigenvalue weighted by Crippen LogP contribution is -2.48. The van der Waals surface area contributed by atoms with Crippen LogP contribution >= 0.6 is 0 Å². The van der Waals surface area contributed by atoms with E-state index in [-0.39, 0.29) is 12.1 Å². The molecule has 2 aromatic rings. The number of nitrogens with zero attached hydrogens (tertiary/aromatic N) is 6. The Morgan fingerprint density at radius 3 is 3.00 bits per heavy atom. The van der Waals surface area contributed by atoms with Crippen LogP contribution in [-0.2, 0) is 11.8 Å². The Morgan fingerprint density at radius 1 is 1.42 bits per heavy atom. The van der Waals surface area contributed by atoms with Crippen LogP contribution in [0.2, 0.25) is 0 Å². The topological polar surface area (TPSA) is 91.9 Å². The summed E-state index contributed by atoms with van der Waals surface area (Å²) in [5.41, 5.74) is 0.341. The predicted molar refractivity (Wildman–Crippen MR) is 88.2 cm³/mol. The van der Waals surface area contributed by atoms with Gasteiger partial charge in [0, 0.05) is 38.7 Å². The quantitative estimate of drug-likeness (QED) is 0.874. The van der Waals surface area contributed by atoms with Crippen LogP contribution in [0.5, 0.6) is 0 Å². The number of hydrogen-bond donors (Lipinski definition) is 1. The number of hydrogen-bond acceptors (Lipinski definition) is 7. The van der Waals surface area contributed by atoms with Crippen molar-refractivity contribution >= 4 is 5.95 Å². The van der Waals surface area contributed by atoms with E-state index in [1.165, 1.54) is 0 Å². The third kappa shape index (κ3) is 3.37. The SMILES string of the molecule is CCN1CCO[C@@H](CNc2nccc(C#N)n2)[C@@H]1c1nccn1C. The maximum atomic E-state index is 8.93. The molecule has 126 valence electrons. The summed E-state index contributed by atoms with van der Waals surface area (Å²) in [6.45, 7) is 5.18. The minimum atomic E-state index is -0.0749. The zero-order valence-electron chi connectivity index (χ0n) is 13.9. The summed E-state index contributed by atoms with van der Waals surface area (Å²) in [5.74, 6) is 1.42. The van der Waals surface area contributed by atoms with Gasteiger partial charge in [-0.3, -0.25) is 4.90 Å². The van der Waals surface area contributed by atoms with Crippen molar-refractivity contribution in [2.45, 2.75) is 19.1 Å². The molecule has 0 unspecified atom stereocenters. The first kappa shape index (κ1) is 16.4. The van der Waals surface area contributed by atoms with Gasteiger partial charge in [0.15, 0.2) is 0 Å². The van der Waals surface area contributed by atoms with Crippen LogP contribution in [0.25, 0.3) is 0 Å². The van der Waals surface area contributed by atoms with Crippen LogP contribution in [0.15, 0.2) is 24.7 Å². The number of aromatic nitrogens is 4. The highest BCUT2D eigenvalue weighted by atomic mass is 16.5. The molecule has 0 aliphatic carbocycles. The number of anilines is 1. The van der Waals surface area contributed by atoms with E-state index in [2.05, 4.69) is 32.1 Å². The van der Waals surface area contributed by atoms with E-state index in [0.717, 1.165) is 18.9 Å². The molecule has 2 aromatic heterocycles. The lowest BCUT2D eigenvalue weighted by Gasteiger charge is -2.40. The van der Waals surface area contributed by atoms with Gasteiger partial charge in [0.1, 0.15) is 17.6 Å². The highest BCUT2D eigenvalue weighted by Gasteiger charge is 2.35. The van der Waals surface area contributed by atoms with Crippen LogP contribution in [0.3, 0.4) is 0 Å². The molecule has 1 aliphatic heterocycles. The Kier molecular flexibility index (Phi) is 5.03. The zero-order valence-corrected chi connectivity index (χ0v) is 13.9. The van der Waals surface area contributed by atoms with Crippen molar-refractivity contribution in [2.24, 2.45) is 7.05 Å². The number of morpholine rings is 1. The van der Waals surface area contributed by atoms with Crippen molar-refractivity contribution in [3.63, 3.8) is 0 Å². The number of likely N-dealkylation sites (N-methyl/N-ethyl adjacent to an activating group) is 1. The molecule has 1 fully saturated rings. The van der Waals surface area contributed by atoms with Gasteiger partial charge in [0.25, 0.3) is 0 Å². The molecule has 1 aliphatic rings. The smallest absolute Gasteiger partial charge is 0.223 e. The Balaban J connectivity index is 1.76. The van der Waals surface area contributed by atoms with Crippen molar-refractivity contribution < 1.29 is 4.74 Å². The molecule has 0 spiro atoms. The number of nitriles is 1. The van der Waals surface area contributed by atoms with Gasteiger partial charge in [-0.05, 0) is 12.6 Å². The molecule has 0 radical (unpaired) electrons. The molecular weight excluding hydrogens is 306 g/mol. The molecule has 3 heterocycles. The molecule has 0 amide bonds. The standard InChI is InChI=1S/C16H21N7O/c1-3-23-8-9-24-13(14(23)15-18-6-7-22(15)2)11-20-16-19-5-4-12(10-17)21-16/h4-7,13-14H,3,8-9,11H2,1-2H3,(H,19,20,21)/t13-,14+/m0/s1. The first-order valence-corrected chi connectivity index (χ1v) is 8.02. The van der Waals surface area contributed by atoms with Crippen LogP contribution in [0, 0.1) is 11.3 Å². The van der Waals surface area contributed by atoms with Crippen molar-refractivity contribution in [3.05, 3.63) is 36.2 Å². The Labute approximate surface area is 141 Å². The molecule has 1 saturated heterocycles. The number of ether oxygens (including phenoxy) is 1. The number of rotatable bonds is 5. The maximum Gasteiger partial charge on any atom is 0.223 e. The fourth-order valence-corrected chi connectivity index (χ4v) is 3.00. The highest BCUT2D eigenvalue weighted by molar-refractivity contribution is 5.30. The van der Waals surface area contributed by atoms with Crippen LogP contribution < -0.4 is 5.32 Å². The summed E-state index contributed by atoms with van der Waals surface area (Å²) in [6, 6.07) is 3.66. The summed E-state index contributed by atoms with van der Waals surface area (Å²) in [5, 5.41) is 12.1. The Bertz CT molecular complexity index is 723. The number of aryl methyl sites for hydroxylation is 1. The van der Waals surface area contributed by atoms with E-state index in [4.69, 9.17) is 10.00 Å². The van der Waals surface area contributed by atoms with Gasteiger partial charge in [-0.15, -0.1) is 0 Å². The van der Waals surface area contributed by atoms with Gasteiger partial charge in [-0.25, -0.2) is 15.0 Å². The number of imidazole rings is 1. The summed E-state index contributed by atoms with van der Waals surface area (Å²) in [4.78, 5) is 15.2. The Hall–Kier alpha value is -2.50. The summed E-state index contributed by atoms with van der Waals surface area (Å²) >= 11 is 0. The van der Waals surface area contributed by atoms with Crippen LogP contribution in [-0.4, -0.2) is 56.8 Å². The molecule has 0 saturated carbocycles. The van der Waals surface area contributed by atoms with Gasteiger partial charge < -0.3 is 14.6 Å². The Morgan fingerprint density at radius 2 is 2.29 bits per heavy atom. The lowest BCUT2D eigenvalue weighted by atomic mass is 10.1. The third-order valence-electron chi connectivity index (χ3n) is 4.22.